The molecule has 2 atom stereocenters. The number of benzene rings is 1. The van der Waals surface area contributed by atoms with Gasteiger partial charge < -0.3 is 19.5 Å². The van der Waals surface area contributed by atoms with E-state index in [-0.39, 0.29) is 18.6 Å². The summed E-state index contributed by atoms with van der Waals surface area (Å²) in [4.78, 5) is 13.4. The van der Waals surface area contributed by atoms with Crippen LogP contribution < -0.4 is 9.47 Å². The van der Waals surface area contributed by atoms with Crippen molar-refractivity contribution in [2.45, 2.75) is 31.8 Å². The zero-order valence-electron chi connectivity index (χ0n) is 11.5. The molecule has 5 nitrogen and oxygen atoms in total. The number of hydrogen-bond acceptors (Lipinski definition) is 4. The summed E-state index contributed by atoms with van der Waals surface area (Å²) in [6, 6.07) is 5.79. The first-order valence-corrected chi connectivity index (χ1v) is 7.04. The predicted octanol–water partition coefficient (Wildman–Crippen LogP) is 1.50. The van der Waals surface area contributed by atoms with E-state index in [0.717, 1.165) is 23.5 Å². The van der Waals surface area contributed by atoms with Crippen molar-refractivity contribution in [2.24, 2.45) is 0 Å². The van der Waals surface area contributed by atoms with Gasteiger partial charge in [-0.2, -0.15) is 0 Å². The van der Waals surface area contributed by atoms with Gasteiger partial charge in [-0.25, -0.2) is 0 Å². The summed E-state index contributed by atoms with van der Waals surface area (Å²) in [6.07, 6.45) is 0.730. The number of likely N-dealkylation sites (tertiary alicyclic amines) is 1. The molecule has 0 radical (unpaired) electrons. The molecule has 0 spiro atoms. The first-order valence-electron chi connectivity index (χ1n) is 7.04. The van der Waals surface area contributed by atoms with E-state index >= 15 is 0 Å². The van der Waals surface area contributed by atoms with Crippen LogP contribution in [0.5, 0.6) is 11.5 Å². The van der Waals surface area contributed by atoms with Gasteiger partial charge in [-0.3, -0.25) is 4.79 Å². The van der Waals surface area contributed by atoms with Crippen molar-refractivity contribution in [3.8, 4) is 11.5 Å². The van der Waals surface area contributed by atoms with E-state index < -0.39 is 6.10 Å². The van der Waals surface area contributed by atoms with Gasteiger partial charge in [0.25, 0.3) is 0 Å². The fourth-order valence-corrected chi connectivity index (χ4v) is 2.91. The second kappa shape index (κ2) is 5.32. The van der Waals surface area contributed by atoms with Gasteiger partial charge in [-0.15, -0.1) is 0 Å². The Hall–Kier alpha value is -1.75. The quantitative estimate of drug-likeness (QED) is 0.890. The molecule has 3 rings (SSSR count). The molecule has 0 saturated carbocycles. The molecule has 1 saturated heterocycles. The maximum atomic E-state index is 11.7. The highest BCUT2D eigenvalue weighted by Crippen LogP contribution is 2.37. The molecule has 2 aliphatic rings. The van der Waals surface area contributed by atoms with Crippen LogP contribution in [0.15, 0.2) is 18.2 Å². The van der Waals surface area contributed by atoms with Gasteiger partial charge in [0.05, 0.1) is 6.10 Å². The largest absolute Gasteiger partial charge is 0.454 e. The number of nitrogens with zero attached hydrogens (tertiary/aromatic N) is 1. The molecule has 1 amide bonds. The van der Waals surface area contributed by atoms with Gasteiger partial charge in [0.15, 0.2) is 11.5 Å². The average molecular weight is 277 g/mol. The molecule has 1 aromatic rings. The van der Waals surface area contributed by atoms with E-state index in [1.807, 2.05) is 25.1 Å². The minimum Gasteiger partial charge on any atom is -0.454 e. The van der Waals surface area contributed by atoms with Crippen LogP contribution in [0.25, 0.3) is 0 Å². The number of β-amino-alcohol motifs (C(OH)–C–C–N with tert-alkyl or cyclic N) is 1. The molecule has 108 valence electrons. The topological polar surface area (TPSA) is 59.0 Å². The van der Waals surface area contributed by atoms with E-state index in [1.165, 1.54) is 0 Å². The SMILES string of the molecule is CCC(=O)N1CC[C@@H](c2ccc3c(c2)OCO3)[C@H](O)C1. The van der Waals surface area contributed by atoms with Crippen molar-refractivity contribution in [3.05, 3.63) is 23.8 Å². The molecular weight excluding hydrogens is 258 g/mol. The monoisotopic (exact) mass is 277 g/mol. The first kappa shape index (κ1) is 13.2. The van der Waals surface area contributed by atoms with Crippen molar-refractivity contribution in [1.82, 2.24) is 4.90 Å². The third kappa shape index (κ3) is 2.33. The summed E-state index contributed by atoms with van der Waals surface area (Å²) in [5.41, 5.74) is 1.05. The Bertz CT molecular complexity index is 517. The number of hydrogen-bond donors (Lipinski definition) is 1. The molecule has 20 heavy (non-hydrogen) atoms. The fraction of sp³-hybridized carbons (Fsp3) is 0.533. The highest BCUT2D eigenvalue weighted by atomic mass is 16.7. The summed E-state index contributed by atoms with van der Waals surface area (Å²) in [5, 5.41) is 10.3. The van der Waals surface area contributed by atoms with Crippen LogP contribution in [0.4, 0.5) is 0 Å². The average Bonchev–Trinajstić information content (AvgIpc) is 2.93. The number of fused-ring (bicyclic) bond motifs is 1. The molecule has 0 bridgehead atoms. The second-order valence-electron chi connectivity index (χ2n) is 5.27. The molecule has 1 fully saturated rings. The molecular formula is C15H19NO4. The molecule has 0 aliphatic carbocycles. The predicted molar refractivity (Wildman–Crippen MR) is 72.8 cm³/mol. The van der Waals surface area contributed by atoms with E-state index in [0.29, 0.717) is 19.5 Å². The lowest BCUT2D eigenvalue weighted by Gasteiger charge is -2.36. The van der Waals surface area contributed by atoms with Crippen LogP contribution in [0, 0.1) is 0 Å². The Morgan fingerprint density at radius 3 is 2.95 bits per heavy atom. The Balaban J connectivity index is 1.74. The van der Waals surface area contributed by atoms with Crippen molar-refractivity contribution in [3.63, 3.8) is 0 Å². The molecule has 2 heterocycles. The van der Waals surface area contributed by atoms with Gasteiger partial charge in [-0.1, -0.05) is 13.0 Å². The molecule has 0 aromatic heterocycles. The van der Waals surface area contributed by atoms with Gasteiger partial charge in [-0.05, 0) is 24.1 Å². The van der Waals surface area contributed by atoms with E-state index in [4.69, 9.17) is 9.47 Å². The third-order valence-electron chi connectivity index (χ3n) is 4.06. The number of carbonyl (C=O) groups excluding carboxylic acids is 1. The van der Waals surface area contributed by atoms with Crippen molar-refractivity contribution >= 4 is 5.91 Å². The first-order chi connectivity index (χ1) is 9.69. The van der Waals surface area contributed by atoms with Crippen molar-refractivity contribution < 1.29 is 19.4 Å². The number of ether oxygens (including phenoxy) is 2. The fourth-order valence-electron chi connectivity index (χ4n) is 2.91. The summed E-state index contributed by atoms with van der Waals surface area (Å²) >= 11 is 0. The summed E-state index contributed by atoms with van der Waals surface area (Å²) in [7, 11) is 0. The normalized spacial score (nSPS) is 24.8. The van der Waals surface area contributed by atoms with Crippen LogP contribution >= 0.6 is 0 Å². The lowest BCUT2D eigenvalue weighted by Crippen LogP contribution is -2.45. The van der Waals surface area contributed by atoms with Crippen molar-refractivity contribution in [2.75, 3.05) is 19.9 Å². The number of rotatable bonds is 2. The number of carbonyl (C=O) groups is 1. The maximum absolute atomic E-state index is 11.7. The molecule has 1 aromatic carbocycles. The molecule has 5 heteroatoms. The van der Waals surface area contributed by atoms with Gasteiger partial charge in [0, 0.05) is 25.4 Å². The van der Waals surface area contributed by atoms with Crippen LogP contribution in [0.2, 0.25) is 0 Å². The summed E-state index contributed by atoms with van der Waals surface area (Å²) < 4.78 is 10.7. The van der Waals surface area contributed by atoms with E-state index in [9.17, 15) is 9.90 Å². The van der Waals surface area contributed by atoms with Crippen molar-refractivity contribution in [1.29, 1.82) is 0 Å². The Kier molecular flexibility index (Phi) is 3.53. The zero-order valence-corrected chi connectivity index (χ0v) is 11.5. The number of aliphatic hydroxyl groups excluding tert-OH is 1. The second-order valence-corrected chi connectivity index (χ2v) is 5.27. The summed E-state index contributed by atoms with van der Waals surface area (Å²) in [6.45, 7) is 3.21. The Morgan fingerprint density at radius 1 is 1.40 bits per heavy atom. The smallest absolute Gasteiger partial charge is 0.231 e. The highest BCUT2D eigenvalue weighted by molar-refractivity contribution is 5.76. The minimum absolute atomic E-state index is 0.0467. The Labute approximate surface area is 118 Å². The number of amides is 1. The Morgan fingerprint density at radius 2 is 2.20 bits per heavy atom. The van der Waals surface area contributed by atoms with Crippen LogP contribution in [0.3, 0.4) is 0 Å². The highest BCUT2D eigenvalue weighted by Gasteiger charge is 2.31. The van der Waals surface area contributed by atoms with Gasteiger partial charge in [0.2, 0.25) is 12.7 Å². The maximum Gasteiger partial charge on any atom is 0.231 e. The van der Waals surface area contributed by atoms with Crippen LogP contribution in [-0.2, 0) is 4.79 Å². The van der Waals surface area contributed by atoms with E-state index in [2.05, 4.69) is 0 Å². The number of aliphatic hydroxyl groups is 1. The standard InChI is InChI=1S/C15H19NO4/c1-2-15(18)16-6-5-11(12(17)8-16)10-3-4-13-14(7-10)20-9-19-13/h3-4,7,11-12,17H,2,5-6,8-9H2,1H3/t11-,12+/m0/s1. The lowest BCUT2D eigenvalue weighted by molar-refractivity contribution is -0.134. The van der Waals surface area contributed by atoms with Crippen LogP contribution in [0.1, 0.15) is 31.2 Å². The molecule has 0 unspecified atom stereocenters. The molecule has 2 aliphatic heterocycles. The summed E-state index contributed by atoms with van der Waals surface area (Å²) in [5.74, 6) is 1.64. The number of piperidine rings is 1. The molecule has 1 N–H and O–H groups in total. The minimum atomic E-state index is -0.528. The third-order valence-corrected chi connectivity index (χ3v) is 4.06. The van der Waals surface area contributed by atoms with Gasteiger partial charge >= 0.3 is 0 Å². The van der Waals surface area contributed by atoms with E-state index in [1.54, 1.807) is 4.90 Å². The zero-order chi connectivity index (χ0) is 14.1. The lowest BCUT2D eigenvalue weighted by atomic mass is 9.87. The van der Waals surface area contributed by atoms with Gasteiger partial charge in [0.1, 0.15) is 0 Å². The van der Waals surface area contributed by atoms with Crippen LogP contribution in [-0.4, -0.2) is 41.9 Å².